The van der Waals surface area contributed by atoms with Crippen LogP contribution in [0.3, 0.4) is 0 Å². The number of fused-ring (bicyclic) bond motifs is 1. The van der Waals surface area contributed by atoms with Crippen LogP contribution >= 0.6 is 34.0 Å². The number of rotatable bonds is 6. The lowest BCUT2D eigenvalue weighted by Crippen LogP contribution is -2.35. The number of nitrogens with two attached hydrogens (primary N) is 2. The maximum Gasteiger partial charge on any atom is 0.241 e. The van der Waals surface area contributed by atoms with Crippen molar-refractivity contribution in [3.8, 4) is 0 Å². The Labute approximate surface area is 152 Å². The van der Waals surface area contributed by atoms with E-state index in [1.807, 2.05) is 42.5 Å². The average molecular weight is 433 g/mol. The molecule has 0 saturated heterocycles. The molecular formula is C16H23Br2N3O. The van der Waals surface area contributed by atoms with Crippen molar-refractivity contribution in [3.05, 3.63) is 42.5 Å². The van der Waals surface area contributed by atoms with Crippen LogP contribution in [0, 0.1) is 0 Å². The number of anilines is 1. The zero-order chi connectivity index (χ0) is 14.4. The molecule has 2 aromatic rings. The first-order valence-corrected chi connectivity index (χ1v) is 6.96. The molecule has 0 saturated carbocycles. The van der Waals surface area contributed by atoms with E-state index < -0.39 is 6.04 Å². The number of benzene rings is 2. The third-order valence-electron chi connectivity index (χ3n) is 3.32. The molecule has 0 heterocycles. The lowest BCUT2D eigenvalue weighted by molar-refractivity contribution is -0.117. The van der Waals surface area contributed by atoms with Gasteiger partial charge in [-0.15, -0.1) is 34.0 Å². The second kappa shape index (κ2) is 10.7. The molecule has 0 aromatic heterocycles. The van der Waals surface area contributed by atoms with Crippen LogP contribution in [0.2, 0.25) is 0 Å². The van der Waals surface area contributed by atoms with Gasteiger partial charge in [-0.1, -0.05) is 36.8 Å². The van der Waals surface area contributed by atoms with Gasteiger partial charge in [0.1, 0.15) is 0 Å². The molecule has 0 radical (unpaired) electrons. The van der Waals surface area contributed by atoms with Gasteiger partial charge in [0, 0.05) is 5.69 Å². The summed E-state index contributed by atoms with van der Waals surface area (Å²) in [4.78, 5) is 12.0. The SMILES string of the molecule is Br.Br.NCCCCC(N)C(=O)Nc1ccc2ccccc2c1. The Kier molecular flexibility index (Phi) is 10.3. The lowest BCUT2D eigenvalue weighted by Gasteiger charge is -2.12. The molecule has 6 heteroatoms. The second-order valence-electron chi connectivity index (χ2n) is 4.94. The quantitative estimate of drug-likeness (QED) is 0.612. The van der Waals surface area contributed by atoms with Crippen molar-refractivity contribution < 1.29 is 4.79 Å². The second-order valence-corrected chi connectivity index (χ2v) is 4.94. The summed E-state index contributed by atoms with van der Waals surface area (Å²) in [6, 6.07) is 13.4. The van der Waals surface area contributed by atoms with Gasteiger partial charge in [-0.2, -0.15) is 0 Å². The molecule has 122 valence electrons. The van der Waals surface area contributed by atoms with Gasteiger partial charge in [-0.3, -0.25) is 4.79 Å². The highest BCUT2D eigenvalue weighted by molar-refractivity contribution is 8.93. The normalized spacial score (nSPS) is 11.2. The van der Waals surface area contributed by atoms with Crippen molar-refractivity contribution in [2.75, 3.05) is 11.9 Å². The van der Waals surface area contributed by atoms with Crippen LogP contribution in [0.15, 0.2) is 42.5 Å². The molecule has 1 atom stereocenters. The summed E-state index contributed by atoms with van der Waals surface area (Å²) >= 11 is 0. The van der Waals surface area contributed by atoms with Gasteiger partial charge in [0.05, 0.1) is 6.04 Å². The molecule has 2 rings (SSSR count). The first kappa shape index (κ1) is 21.0. The molecule has 2 aromatic carbocycles. The van der Waals surface area contributed by atoms with Gasteiger partial charge in [0.2, 0.25) is 5.91 Å². The molecule has 0 aliphatic carbocycles. The summed E-state index contributed by atoms with van der Waals surface area (Å²) in [6.45, 7) is 0.638. The van der Waals surface area contributed by atoms with Crippen molar-refractivity contribution >= 4 is 56.3 Å². The largest absolute Gasteiger partial charge is 0.330 e. The fourth-order valence-electron chi connectivity index (χ4n) is 2.14. The molecule has 0 aliphatic rings. The minimum absolute atomic E-state index is 0. The Bertz CT molecular complexity index is 592. The average Bonchev–Trinajstić information content (AvgIpc) is 2.47. The molecule has 1 unspecified atom stereocenters. The van der Waals surface area contributed by atoms with E-state index in [0.717, 1.165) is 29.3 Å². The molecule has 0 aliphatic heterocycles. The molecule has 0 spiro atoms. The molecule has 5 N–H and O–H groups in total. The minimum Gasteiger partial charge on any atom is -0.330 e. The van der Waals surface area contributed by atoms with Gasteiger partial charge >= 0.3 is 0 Å². The number of amides is 1. The van der Waals surface area contributed by atoms with Crippen molar-refractivity contribution in [2.45, 2.75) is 25.3 Å². The van der Waals surface area contributed by atoms with Crippen molar-refractivity contribution in [1.29, 1.82) is 0 Å². The van der Waals surface area contributed by atoms with Crippen LogP contribution in [0.5, 0.6) is 0 Å². The number of carbonyl (C=O) groups is 1. The van der Waals surface area contributed by atoms with Crippen LogP contribution in [0.4, 0.5) is 5.69 Å². The number of halogens is 2. The summed E-state index contributed by atoms with van der Waals surface area (Å²) < 4.78 is 0. The van der Waals surface area contributed by atoms with Gasteiger partial charge in [-0.05, 0) is 42.3 Å². The maximum atomic E-state index is 12.0. The van der Waals surface area contributed by atoms with Crippen LogP contribution in [0.25, 0.3) is 10.8 Å². The van der Waals surface area contributed by atoms with Gasteiger partial charge in [0.15, 0.2) is 0 Å². The van der Waals surface area contributed by atoms with Crippen molar-refractivity contribution in [1.82, 2.24) is 0 Å². The zero-order valence-corrected chi connectivity index (χ0v) is 15.8. The highest BCUT2D eigenvalue weighted by atomic mass is 79.9. The number of nitrogens with one attached hydrogen (secondary N) is 1. The fraction of sp³-hybridized carbons (Fsp3) is 0.312. The Hall–Kier alpha value is -0.950. The number of carbonyl (C=O) groups excluding carboxylic acids is 1. The van der Waals surface area contributed by atoms with E-state index in [-0.39, 0.29) is 39.9 Å². The van der Waals surface area contributed by atoms with E-state index in [4.69, 9.17) is 11.5 Å². The molecule has 1 amide bonds. The number of unbranched alkanes of at least 4 members (excludes halogenated alkanes) is 1. The van der Waals surface area contributed by atoms with E-state index >= 15 is 0 Å². The predicted octanol–water partition coefficient (Wildman–Crippen LogP) is 3.39. The van der Waals surface area contributed by atoms with Crippen molar-refractivity contribution in [3.63, 3.8) is 0 Å². The highest BCUT2D eigenvalue weighted by Crippen LogP contribution is 2.19. The summed E-state index contributed by atoms with van der Waals surface area (Å²) in [5, 5.41) is 5.12. The molecular weight excluding hydrogens is 410 g/mol. The van der Waals surface area contributed by atoms with Gasteiger partial charge in [-0.25, -0.2) is 0 Å². The summed E-state index contributed by atoms with van der Waals surface area (Å²) in [6.07, 6.45) is 2.44. The summed E-state index contributed by atoms with van der Waals surface area (Å²) in [5.74, 6) is -0.141. The van der Waals surface area contributed by atoms with Gasteiger partial charge in [0.25, 0.3) is 0 Å². The van der Waals surface area contributed by atoms with Gasteiger partial charge < -0.3 is 16.8 Å². The first-order valence-electron chi connectivity index (χ1n) is 6.96. The summed E-state index contributed by atoms with van der Waals surface area (Å²) in [7, 11) is 0. The van der Waals surface area contributed by atoms with E-state index in [0.29, 0.717) is 13.0 Å². The van der Waals surface area contributed by atoms with E-state index in [1.165, 1.54) is 0 Å². The zero-order valence-electron chi connectivity index (χ0n) is 12.3. The Morgan fingerprint density at radius 2 is 1.73 bits per heavy atom. The van der Waals surface area contributed by atoms with E-state index in [9.17, 15) is 4.79 Å². The minimum atomic E-state index is -0.479. The van der Waals surface area contributed by atoms with Crippen LogP contribution in [-0.2, 0) is 4.79 Å². The molecule has 0 fully saturated rings. The predicted molar refractivity (Wildman–Crippen MR) is 104 cm³/mol. The van der Waals surface area contributed by atoms with Crippen LogP contribution in [-0.4, -0.2) is 18.5 Å². The van der Waals surface area contributed by atoms with Crippen molar-refractivity contribution in [2.24, 2.45) is 11.5 Å². The third-order valence-corrected chi connectivity index (χ3v) is 3.32. The van der Waals surface area contributed by atoms with E-state index in [2.05, 4.69) is 5.32 Å². The first-order chi connectivity index (χ1) is 9.70. The van der Waals surface area contributed by atoms with Crippen LogP contribution in [0.1, 0.15) is 19.3 Å². The molecule has 4 nitrogen and oxygen atoms in total. The lowest BCUT2D eigenvalue weighted by atomic mass is 10.1. The molecule has 0 bridgehead atoms. The Balaban J connectivity index is 0.00000220. The fourth-order valence-corrected chi connectivity index (χ4v) is 2.14. The van der Waals surface area contributed by atoms with Crippen LogP contribution < -0.4 is 16.8 Å². The monoisotopic (exact) mass is 431 g/mol. The molecule has 22 heavy (non-hydrogen) atoms. The Morgan fingerprint density at radius 3 is 2.41 bits per heavy atom. The number of hydrogen-bond acceptors (Lipinski definition) is 3. The summed E-state index contributed by atoms with van der Waals surface area (Å²) in [5.41, 5.74) is 12.1. The smallest absolute Gasteiger partial charge is 0.241 e. The third kappa shape index (κ3) is 6.04. The number of hydrogen-bond donors (Lipinski definition) is 3. The standard InChI is InChI=1S/C16H21N3O.2BrH/c17-10-4-3-7-15(18)16(20)19-14-9-8-12-5-1-2-6-13(12)11-14;;/h1-2,5-6,8-9,11,15H,3-4,7,10,17-18H2,(H,19,20);2*1H. The Morgan fingerprint density at radius 1 is 1.05 bits per heavy atom. The van der Waals surface area contributed by atoms with E-state index in [1.54, 1.807) is 0 Å². The maximum absolute atomic E-state index is 12.0. The highest BCUT2D eigenvalue weighted by Gasteiger charge is 2.13. The topological polar surface area (TPSA) is 81.1 Å².